The molecule has 0 aromatic heterocycles. The van der Waals surface area contributed by atoms with Crippen molar-refractivity contribution < 1.29 is 24.2 Å². The maximum Gasteiger partial charge on any atom is 0.410 e. The number of aliphatic carboxylic acids is 1. The fourth-order valence-electron chi connectivity index (χ4n) is 3.66. The minimum atomic E-state index is -0.911. The molecule has 1 aromatic carbocycles. The second-order valence-corrected chi connectivity index (χ2v) is 8.95. The summed E-state index contributed by atoms with van der Waals surface area (Å²) in [5.41, 5.74) is -0.419. The smallest absolute Gasteiger partial charge is 0.410 e. The Hall–Kier alpha value is -2.08. The van der Waals surface area contributed by atoms with Gasteiger partial charge in [0.2, 0.25) is 0 Å². The van der Waals surface area contributed by atoms with E-state index >= 15 is 0 Å². The molecule has 1 N–H and O–H groups in total. The second kappa shape index (κ2) is 10.6. The van der Waals surface area contributed by atoms with Gasteiger partial charge in [-0.25, -0.2) is 4.79 Å². The van der Waals surface area contributed by atoms with E-state index in [1.807, 2.05) is 51.1 Å². The molecular weight excluding hydrogens is 370 g/mol. The Morgan fingerprint density at radius 2 is 1.69 bits per heavy atom. The zero-order chi connectivity index (χ0) is 21.3. The van der Waals surface area contributed by atoms with Crippen LogP contribution in [-0.4, -0.2) is 47.4 Å². The normalized spacial score (nSPS) is 21.4. The Balaban J connectivity index is 1.99. The van der Waals surface area contributed by atoms with Crippen molar-refractivity contribution in [3.05, 3.63) is 35.9 Å². The molecule has 6 heteroatoms. The maximum atomic E-state index is 12.5. The summed E-state index contributed by atoms with van der Waals surface area (Å²) in [4.78, 5) is 26.4. The maximum absolute atomic E-state index is 12.5. The molecule has 6 nitrogen and oxygen atoms in total. The van der Waals surface area contributed by atoms with Crippen LogP contribution in [0.15, 0.2) is 30.3 Å². The first-order valence-corrected chi connectivity index (χ1v) is 10.5. The van der Waals surface area contributed by atoms with Crippen molar-refractivity contribution in [3.63, 3.8) is 0 Å². The van der Waals surface area contributed by atoms with Crippen LogP contribution in [0.4, 0.5) is 4.79 Å². The molecule has 162 valence electrons. The fraction of sp³-hybridized carbons (Fsp3) is 0.652. The van der Waals surface area contributed by atoms with Gasteiger partial charge in [-0.15, -0.1) is 0 Å². The Kier molecular flexibility index (Phi) is 8.50. The molecule has 1 aliphatic rings. The number of ether oxygens (including phenoxy) is 2. The SMILES string of the molecule is CC(C)(C)OC(=O)N1CCCCC[C@@](COCc2ccccc2)(C(=O)O)CCC1. The van der Waals surface area contributed by atoms with Crippen molar-refractivity contribution in [2.45, 2.75) is 71.5 Å². The van der Waals surface area contributed by atoms with Crippen LogP contribution in [0.3, 0.4) is 0 Å². The van der Waals surface area contributed by atoms with Crippen LogP contribution in [0.5, 0.6) is 0 Å². The van der Waals surface area contributed by atoms with Crippen molar-refractivity contribution in [2.24, 2.45) is 5.41 Å². The van der Waals surface area contributed by atoms with Gasteiger partial charge >= 0.3 is 12.1 Å². The molecule has 1 atom stereocenters. The van der Waals surface area contributed by atoms with Crippen LogP contribution in [-0.2, 0) is 20.9 Å². The molecule has 1 fully saturated rings. The van der Waals surface area contributed by atoms with E-state index in [-0.39, 0.29) is 12.7 Å². The molecule has 0 aliphatic carbocycles. The predicted octanol–water partition coefficient (Wildman–Crippen LogP) is 4.87. The highest BCUT2D eigenvalue weighted by atomic mass is 16.6. The largest absolute Gasteiger partial charge is 0.481 e. The van der Waals surface area contributed by atoms with Gasteiger partial charge in [0.25, 0.3) is 0 Å². The van der Waals surface area contributed by atoms with Crippen LogP contribution in [0.25, 0.3) is 0 Å². The average Bonchev–Trinajstić information content (AvgIpc) is 2.65. The van der Waals surface area contributed by atoms with Gasteiger partial charge < -0.3 is 19.5 Å². The van der Waals surface area contributed by atoms with Gasteiger partial charge in [0.15, 0.2) is 0 Å². The number of nitrogens with zero attached hydrogens (tertiary/aromatic N) is 1. The van der Waals surface area contributed by atoms with E-state index in [2.05, 4.69) is 0 Å². The number of rotatable bonds is 5. The molecule has 1 aromatic rings. The summed E-state index contributed by atoms with van der Waals surface area (Å²) in [5, 5.41) is 10.0. The molecule has 0 bridgehead atoms. The Morgan fingerprint density at radius 1 is 1.03 bits per heavy atom. The molecule has 1 aliphatic heterocycles. The van der Waals surface area contributed by atoms with Crippen molar-refractivity contribution in [1.82, 2.24) is 4.90 Å². The third kappa shape index (κ3) is 7.69. The van der Waals surface area contributed by atoms with Gasteiger partial charge in [-0.1, -0.05) is 43.2 Å². The quantitative estimate of drug-likeness (QED) is 0.757. The molecule has 2 rings (SSSR count). The first-order valence-electron chi connectivity index (χ1n) is 10.5. The van der Waals surface area contributed by atoms with E-state index in [1.165, 1.54) is 0 Å². The van der Waals surface area contributed by atoms with Crippen molar-refractivity contribution >= 4 is 12.1 Å². The highest BCUT2D eigenvalue weighted by molar-refractivity contribution is 5.74. The summed E-state index contributed by atoms with van der Waals surface area (Å²) in [7, 11) is 0. The molecule has 1 amide bonds. The molecule has 0 unspecified atom stereocenters. The molecule has 0 spiro atoms. The van der Waals surface area contributed by atoms with Gasteiger partial charge in [0.05, 0.1) is 18.6 Å². The van der Waals surface area contributed by atoms with Gasteiger partial charge in [-0.05, 0) is 52.0 Å². The number of carbonyl (C=O) groups is 2. The minimum absolute atomic E-state index is 0.184. The number of amides is 1. The van der Waals surface area contributed by atoms with Crippen molar-refractivity contribution in [3.8, 4) is 0 Å². The second-order valence-electron chi connectivity index (χ2n) is 8.95. The van der Waals surface area contributed by atoms with E-state index in [9.17, 15) is 14.7 Å². The van der Waals surface area contributed by atoms with E-state index in [4.69, 9.17) is 9.47 Å². The minimum Gasteiger partial charge on any atom is -0.481 e. The van der Waals surface area contributed by atoms with Gasteiger partial charge in [-0.2, -0.15) is 0 Å². The summed E-state index contributed by atoms with van der Waals surface area (Å²) in [5.74, 6) is -0.810. The first-order chi connectivity index (χ1) is 13.7. The van der Waals surface area contributed by atoms with Crippen LogP contribution < -0.4 is 0 Å². The van der Waals surface area contributed by atoms with Gasteiger partial charge in [-0.3, -0.25) is 4.79 Å². The zero-order valence-electron chi connectivity index (χ0n) is 18.0. The van der Waals surface area contributed by atoms with Crippen LogP contribution >= 0.6 is 0 Å². The molecule has 0 saturated carbocycles. The molecule has 29 heavy (non-hydrogen) atoms. The van der Waals surface area contributed by atoms with E-state index in [0.29, 0.717) is 39.0 Å². The van der Waals surface area contributed by atoms with Gasteiger partial charge in [0, 0.05) is 13.1 Å². The van der Waals surface area contributed by atoms with E-state index in [1.54, 1.807) is 4.90 Å². The Bertz CT molecular complexity index is 655. The fourth-order valence-corrected chi connectivity index (χ4v) is 3.66. The summed E-state index contributed by atoms with van der Waals surface area (Å²) in [6, 6.07) is 9.78. The number of benzene rings is 1. The third-order valence-corrected chi connectivity index (χ3v) is 5.26. The average molecular weight is 406 g/mol. The lowest BCUT2D eigenvalue weighted by Crippen LogP contribution is -2.41. The number of hydrogen-bond donors (Lipinski definition) is 1. The summed E-state index contributed by atoms with van der Waals surface area (Å²) < 4.78 is 11.4. The first kappa shape index (κ1) is 23.2. The summed E-state index contributed by atoms with van der Waals surface area (Å²) >= 11 is 0. The molecule has 1 heterocycles. The Morgan fingerprint density at radius 3 is 2.34 bits per heavy atom. The standard InChI is InChI=1S/C23H35NO5/c1-22(2,3)29-21(27)24-15-9-5-8-13-23(20(25)26,14-10-16-24)18-28-17-19-11-6-4-7-12-19/h4,6-7,11-12H,5,8-10,13-18H2,1-3H3,(H,25,26)/t23-/m1/s1. The number of carboxylic acid groups (broad SMARTS) is 1. The van der Waals surface area contributed by atoms with Crippen LogP contribution in [0.1, 0.15) is 64.9 Å². The van der Waals surface area contributed by atoms with Gasteiger partial charge in [0.1, 0.15) is 5.60 Å². The monoisotopic (exact) mass is 405 g/mol. The van der Waals surface area contributed by atoms with Crippen molar-refractivity contribution in [2.75, 3.05) is 19.7 Å². The summed E-state index contributed by atoms with van der Waals surface area (Å²) in [6.07, 6.45) is 3.91. The number of carboxylic acids is 1. The van der Waals surface area contributed by atoms with E-state index in [0.717, 1.165) is 24.8 Å². The lowest BCUT2D eigenvalue weighted by atomic mass is 9.78. The summed E-state index contributed by atoms with van der Waals surface area (Å²) in [6.45, 7) is 7.30. The third-order valence-electron chi connectivity index (χ3n) is 5.26. The highest BCUT2D eigenvalue weighted by Crippen LogP contribution is 2.33. The molecule has 0 radical (unpaired) electrons. The molecular formula is C23H35NO5. The van der Waals surface area contributed by atoms with E-state index < -0.39 is 17.0 Å². The Labute approximate surface area is 174 Å². The lowest BCUT2D eigenvalue weighted by Gasteiger charge is -2.33. The number of hydrogen-bond acceptors (Lipinski definition) is 4. The zero-order valence-corrected chi connectivity index (χ0v) is 18.0. The topological polar surface area (TPSA) is 76.1 Å². The van der Waals surface area contributed by atoms with Crippen molar-refractivity contribution in [1.29, 1.82) is 0 Å². The van der Waals surface area contributed by atoms with Crippen LogP contribution in [0.2, 0.25) is 0 Å². The molecule has 1 saturated heterocycles. The lowest BCUT2D eigenvalue weighted by molar-refractivity contribution is -0.155. The van der Waals surface area contributed by atoms with Crippen LogP contribution in [0, 0.1) is 5.41 Å². The highest BCUT2D eigenvalue weighted by Gasteiger charge is 2.38. The number of carbonyl (C=O) groups excluding carboxylic acids is 1. The predicted molar refractivity (Wildman–Crippen MR) is 112 cm³/mol.